The second-order valence-electron chi connectivity index (χ2n) is 5.21. The van der Waals surface area contributed by atoms with Crippen LogP contribution in [0.5, 0.6) is 0 Å². The molecule has 2 aromatic rings. The molecule has 1 aromatic heterocycles. The number of aryl methyl sites for hydroxylation is 1. The van der Waals surface area contributed by atoms with Gasteiger partial charge in [-0.2, -0.15) is 0 Å². The van der Waals surface area contributed by atoms with E-state index >= 15 is 0 Å². The fraction of sp³-hybridized carbons (Fsp3) is 0.333. The van der Waals surface area contributed by atoms with E-state index in [1.54, 1.807) is 0 Å². The lowest BCUT2D eigenvalue weighted by Gasteiger charge is -2.32. The number of carbonyl (C=O) groups excluding carboxylic acids is 2. The van der Waals surface area contributed by atoms with Gasteiger partial charge in [0, 0.05) is 38.4 Å². The first-order valence-corrected chi connectivity index (χ1v) is 6.68. The Morgan fingerprint density at radius 1 is 1.25 bits per heavy atom. The summed E-state index contributed by atoms with van der Waals surface area (Å²) in [6, 6.07) is 8.33. The smallest absolute Gasteiger partial charge is 0.242 e. The SMILES string of the molecule is Cn1ccc2ccc(CN3CCN(C=O)CC3=O)cc21. The van der Waals surface area contributed by atoms with Gasteiger partial charge in [0.05, 0.1) is 6.54 Å². The minimum absolute atomic E-state index is 0.00956. The molecule has 0 bridgehead atoms. The number of carbonyl (C=O) groups is 2. The summed E-state index contributed by atoms with van der Waals surface area (Å²) in [6.07, 6.45) is 2.77. The van der Waals surface area contributed by atoms with Crippen LogP contribution < -0.4 is 0 Å². The maximum absolute atomic E-state index is 12.0. The highest BCUT2D eigenvalue weighted by atomic mass is 16.2. The van der Waals surface area contributed by atoms with Gasteiger partial charge in [-0.15, -0.1) is 0 Å². The Bertz CT molecular complexity index is 662. The lowest BCUT2D eigenvalue weighted by Crippen LogP contribution is -2.49. The van der Waals surface area contributed by atoms with Crippen molar-refractivity contribution in [1.29, 1.82) is 0 Å². The molecule has 1 aromatic carbocycles. The summed E-state index contributed by atoms with van der Waals surface area (Å²) in [5.74, 6) is 0.00956. The molecule has 5 nitrogen and oxygen atoms in total. The molecule has 0 atom stereocenters. The first-order chi connectivity index (χ1) is 9.67. The van der Waals surface area contributed by atoms with Crippen molar-refractivity contribution < 1.29 is 9.59 Å². The van der Waals surface area contributed by atoms with Crippen molar-refractivity contribution in [1.82, 2.24) is 14.4 Å². The van der Waals surface area contributed by atoms with Crippen LogP contribution in [0.25, 0.3) is 10.9 Å². The van der Waals surface area contributed by atoms with Crippen LogP contribution in [0.15, 0.2) is 30.5 Å². The van der Waals surface area contributed by atoms with E-state index in [9.17, 15) is 9.59 Å². The van der Waals surface area contributed by atoms with Crippen LogP contribution in [-0.2, 0) is 23.2 Å². The van der Waals surface area contributed by atoms with Crippen LogP contribution >= 0.6 is 0 Å². The monoisotopic (exact) mass is 271 g/mol. The van der Waals surface area contributed by atoms with Crippen LogP contribution in [0, 0.1) is 0 Å². The van der Waals surface area contributed by atoms with Crippen molar-refractivity contribution in [3.63, 3.8) is 0 Å². The van der Waals surface area contributed by atoms with Crippen LogP contribution in [0.1, 0.15) is 5.56 Å². The number of amides is 2. The molecule has 3 rings (SSSR count). The second-order valence-corrected chi connectivity index (χ2v) is 5.21. The van der Waals surface area contributed by atoms with Crippen LogP contribution in [0.3, 0.4) is 0 Å². The third-order valence-electron chi connectivity index (χ3n) is 3.82. The standard InChI is InChI=1S/C15H17N3O2/c1-16-5-4-13-3-2-12(8-14(13)16)9-18-7-6-17(11-19)10-15(18)20/h2-5,8,11H,6-7,9-10H2,1H3. The largest absolute Gasteiger partial charge is 0.351 e. The average molecular weight is 271 g/mol. The molecule has 0 spiro atoms. The fourth-order valence-corrected chi connectivity index (χ4v) is 2.61. The maximum atomic E-state index is 12.0. The molecular formula is C15H17N3O2. The van der Waals surface area contributed by atoms with Crippen molar-refractivity contribution in [3.05, 3.63) is 36.0 Å². The van der Waals surface area contributed by atoms with Gasteiger partial charge in [-0.05, 0) is 23.1 Å². The number of hydrogen-bond acceptors (Lipinski definition) is 2. The lowest BCUT2D eigenvalue weighted by atomic mass is 10.1. The van der Waals surface area contributed by atoms with E-state index in [-0.39, 0.29) is 12.5 Å². The number of rotatable bonds is 3. The van der Waals surface area contributed by atoms with Gasteiger partial charge >= 0.3 is 0 Å². The molecule has 1 aliphatic heterocycles. The molecule has 1 aliphatic rings. The third-order valence-corrected chi connectivity index (χ3v) is 3.82. The lowest BCUT2D eigenvalue weighted by molar-refractivity contribution is -0.140. The number of nitrogens with zero attached hydrogens (tertiary/aromatic N) is 3. The van der Waals surface area contributed by atoms with Crippen LogP contribution in [0.4, 0.5) is 0 Å². The molecular weight excluding hydrogens is 254 g/mol. The van der Waals surface area contributed by atoms with Crippen molar-refractivity contribution in [2.75, 3.05) is 19.6 Å². The minimum Gasteiger partial charge on any atom is -0.351 e. The molecule has 0 radical (unpaired) electrons. The van der Waals surface area contributed by atoms with Gasteiger partial charge < -0.3 is 14.4 Å². The van der Waals surface area contributed by atoms with E-state index in [2.05, 4.69) is 28.8 Å². The van der Waals surface area contributed by atoms with Gasteiger partial charge in [0.15, 0.2) is 0 Å². The van der Waals surface area contributed by atoms with Gasteiger partial charge in [-0.25, -0.2) is 0 Å². The van der Waals surface area contributed by atoms with Crippen molar-refractivity contribution >= 4 is 23.2 Å². The van der Waals surface area contributed by atoms with Crippen LogP contribution in [-0.4, -0.2) is 46.3 Å². The van der Waals surface area contributed by atoms with E-state index in [0.29, 0.717) is 19.6 Å². The van der Waals surface area contributed by atoms with Gasteiger partial charge in [0.2, 0.25) is 12.3 Å². The normalized spacial score (nSPS) is 15.9. The first-order valence-electron chi connectivity index (χ1n) is 6.68. The highest BCUT2D eigenvalue weighted by Gasteiger charge is 2.22. The van der Waals surface area contributed by atoms with E-state index < -0.39 is 0 Å². The number of piperazine rings is 1. The van der Waals surface area contributed by atoms with Gasteiger partial charge in [-0.1, -0.05) is 12.1 Å². The Morgan fingerprint density at radius 2 is 2.10 bits per heavy atom. The van der Waals surface area contributed by atoms with Crippen molar-refractivity contribution in [2.45, 2.75) is 6.54 Å². The highest BCUT2D eigenvalue weighted by Crippen LogP contribution is 2.18. The Balaban J connectivity index is 1.77. The summed E-state index contributed by atoms with van der Waals surface area (Å²) in [5, 5.41) is 1.20. The summed E-state index contributed by atoms with van der Waals surface area (Å²) in [6.45, 7) is 2.01. The van der Waals surface area contributed by atoms with Crippen molar-refractivity contribution in [3.8, 4) is 0 Å². The number of benzene rings is 1. The highest BCUT2D eigenvalue weighted by molar-refractivity contribution is 5.82. The first kappa shape index (κ1) is 12.7. The summed E-state index contributed by atoms with van der Waals surface area (Å²) in [7, 11) is 2.01. The Morgan fingerprint density at radius 3 is 2.85 bits per heavy atom. The second kappa shape index (κ2) is 5.00. The predicted molar refractivity (Wildman–Crippen MR) is 76.0 cm³/mol. The molecule has 2 heterocycles. The third kappa shape index (κ3) is 2.27. The number of aromatic nitrogens is 1. The summed E-state index contributed by atoms with van der Waals surface area (Å²) in [4.78, 5) is 26.0. The zero-order valence-corrected chi connectivity index (χ0v) is 11.5. The zero-order chi connectivity index (χ0) is 14.1. The van der Waals surface area contributed by atoms with E-state index in [0.717, 1.165) is 12.0 Å². The van der Waals surface area contributed by atoms with E-state index in [4.69, 9.17) is 0 Å². The van der Waals surface area contributed by atoms with E-state index in [1.165, 1.54) is 15.8 Å². The van der Waals surface area contributed by atoms with Crippen molar-refractivity contribution in [2.24, 2.45) is 7.05 Å². The summed E-state index contributed by atoms with van der Waals surface area (Å²) in [5.41, 5.74) is 2.29. The molecule has 0 unspecified atom stereocenters. The Kier molecular flexibility index (Phi) is 3.18. The number of hydrogen-bond donors (Lipinski definition) is 0. The minimum atomic E-state index is 0.00956. The predicted octanol–water partition coefficient (Wildman–Crippen LogP) is 0.979. The topological polar surface area (TPSA) is 45.5 Å². The van der Waals surface area contributed by atoms with Gasteiger partial charge in [0.25, 0.3) is 0 Å². The quantitative estimate of drug-likeness (QED) is 0.781. The molecule has 2 amide bonds. The summed E-state index contributed by atoms with van der Waals surface area (Å²) >= 11 is 0. The Labute approximate surface area is 117 Å². The van der Waals surface area contributed by atoms with Gasteiger partial charge in [0.1, 0.15) is 0 Å². The molecule has 20 heavy (non-hydrogen) atoms. The molecule has 104 valence electrons. The molecule has 1 fully saturated rings. The van der Waals surface area contributed by atoms with E-state index in [1.807, 2.05) is 18.1 Å². The molecule has 1 saturated heterocycles. The fourth-order valence-electron chi connectivity index (χ4n) is 2.61. The molecule has 0 aliphatic carbocycles. The van der Waals surface area contributed by atoms with Crippen LogP contribution in [0.2, 0.25) is 0 Å². The zero-order valence-electron chi connectivity index (χ0n) is 11.5. The molecule has 0 saturated carbocycles. The molecule has 0 N–H and O–H groups in total. The van der Waals surface area contributed by atoms with Gasteiger partial charge in [-0.3, -0.25) is 9.59 Å². The molecule has 5 heteroatoms. The Hall–Kier alpha value is -2.30. The number of fused-ring (bicyclic) bond motifs is 1. The maximum Gasteiger partial charge on any atom is 0.242 e. The summed E-state index contributed by atoms with van der Waals surface area (Å²) < 4.78 is 2.07. The average Bonchev–Trinajstić information content (AvgIpc) is 2.82.